The van der Waals surface area contributed by atoms with Crippen LogP contribution in [0.25, 0.3) is 0 Å². The zero-order chi connectivity index (χ0) is 32.8. The number of carbonyl (C=O) groups excluding carboxylic acids is 4. The molecule has 2 atom stereocenters. The number of benzene rings is 1. The zero-order valence-electron chi connectivity index (χ0n) is 28.3. The van der Waals surface area contributed by atoms with E-state index in [-0.39, 0.29) is 24.8 Å². The average Bonchev–Trinajstić information content (AvgIpc) is 2.79. The fourth-order valence-corrected chi connectivity index (χ4v) is 4.58. The van der Waals surface area contributed by atoms with Crippen LogP contribution in [-0.4, -0.2) is 60.0 Å². The lowest BCUT2D eigenvalue weighted by Crippen LogP contribution is -2.50. The summed E-state index contributed by atoms with van der Waals surface area (Å²) in [5, 5.41) is 2.69. The highest BCUT2D eigenvalue weighted by Crippen LogP contribution is 2.42. The van der Waals surface area contributed by atoms with Crippen LogP contribution in [0.1, 0.15) is 114 Å². The maximum atomic E-state index is 13.7. The summed E-state index contributed by atoms with van der Waals surface area (Å²) in [4.78, 5) is 53.3. The Balaban J connectivity index is 3.50. The molecule has 0 saturated heterocycles. The molecule has 0 aliphatic rings. The summed E-state index contributed by atoms with van der Waals surface area (Å²) in [6.07, 6.45) is 0.431. The van der Waals surface area contributed by atoms with Crippen LogP contribution in [0.2, 0.25) is 0 Å². The van der Waals surface area contributed by atoms with Crippen LogP contribution in [0.3, 0.4) is 0 Å². The van der Waals surface area contributed by atoms with Crippen LogP contribution >= 0.6 is 0 Å². The van der Waals surface area contributed by atoms with Gasteiger partial charge in [-0.05, 0) is 62.5 Å². The van der Waals surface area contributed by atoms with Crippen LogP contribution in [-0.2, 0) is 34.7 Å². The molecule has 42 heavy (non-hydrogen) atoms. The van der Waals surface area contributed by atoms with Gasteiger partial charge in [0, 0.05) is 31.5 Å². The van der Waals surface area contributed by atoms with Crippen molar-refractivity contribution in [3.05, 3.63) is 23.3 Å². The monoisotopic (exact) mass is 590 g/mol. The third-order valence-electron chi connectivity index (χ3n) is 6.59. The van der Waals surface area contributed by atoms with Crippen molar-refractivity contribution in [1.29, 1.82) is 0 Å². The predicted molar refractivity (Wildman–Crippen MR) is 165 cm³/mol. The smallest absolute Gasteiger partial charge is 0.334 e. The number of hydrogen-bond acceptors (Lipinski definition) is 7. The summed E-state index contributed by atoms with van der Waals surface area (Å²) in [6, 6.07) is 1.82. The van der Waals surface area contributed by atoms with Crippen molar-refractivity contribution in [2.75, 3.05) is 13.7 Å². The summed E-state index contributed by atoms with van der Waals surface area (Å²) in [5.74, 6) is -0.743. The van der Waals surface area contributed by atoms with Gasteiger partial charge < -0.3 is 24.4 Å². The Morgan fingerprint density at radius 3 is 1.71 bits per heavy atom. The first-order valence-corrected chi connectivity index (χ1v) is 14.7. The normalized spacial score (nSPS) is 13.7. The van der Waals surface area contributed by atoms with Gasteiger partial charge in [-0.15, -0.1) is 0 Å². The molecule has 2 amide bonds. The lowest BCUT2D eigenvalue weighted by Gasteiger charge is -2.34. The summed E-state index contributed by atoms with van der Waals surface area (Å²) in [6.45, 7) is 24.1. The van der Waals surface area contributed by atoms with Gasteiger partial charge in [-0.2, -0.15) is 0 Å². The van der Waals surface area contributed by atoms with E-state index in [1.54, 1.807) is 27.9 Å². The first-order chi connectivity index (χ1) is 19.0. The van der Waals surface area contributed by atoms with E-state index in [9.17, 15) is 19.2 Å². The third kappa shape index (κ3) is 11.3. The van der Waals surface area contributed by atoms with Crippen LogP contribution < -0.4 is 14.8 Å². The fraction of sp³-hybridized carbons (Fsp3) is 0.697. The van der Waals surface area contributed by atoms with E-state index in [1.807, 2.05) is 67.5 Å². The molecular weight excluding hydrogens is 536 g/mol. The lowest BCUT2D eigenvalue weighted by atomic mass is 9.79. The number of esters is 2. The highest BCUT2D eigenvalue weighted by Gasteiger charge is 2.35. The van der Waals surface area contributed by atoms with E-state index >= 15 is 0 Å². The molecule has 0 saturated carbocycles. The van der Waals surface area contributed by atoms with Crippen molar-refractivity contribution in [2.24, 2.45) is 5.92 Å². The SMILES string of the molecule is COc1cc(C(C)(C)C)c(OC(=O)[C@H](CCN(C(C)=O)[C@@H](CC(C)C)C(=O)OC(C)(C)C)NC(C)=O)c(C(C)(C)C)c1. The van der Waals surface area contributed by atoms with Crippen LogP contribution in [0.5, 0.6) is 11.5 Å². The molecule has 0 heterocycles. The molecule has 1 rings (SSSR count). The van der Waals surface area contributed by atoms with Gasteiger partial charge in [-0.3, -0.25) is 9.59 Å². The Hall–Kier alpha value is -3.10. The number of carbonyl (C=O) groups is 4. The summed E-state index contributed by atoms with van der Waals surface area (Å²) in [5.41, 5.74) is 0.0566. The molecule has 0 spiro atoms. The molecule has 0 aliphatic heterocycles. The van der Waals surface area contributed by atoms with Crippen LogP contribution in [0.4, 0.5) is 0 Å². The van der Waals surface area contributed by atoms with E-state index in [2.05, 4.69) is 5.32 Å². The summed E-state index contributed by atoms with van der Waals surface area (Å²) >= 11 is 0. The number of amides is 2. The molecule has 1 aromatic carbocycles. The number of rotatable bonds is 11. The van der Waals surface area contributed by atoms with Crippen molar-refractivity contribution in [3.8, 4) is 11.5 Å². The number of nitrogens with one attached hydrogen (secondary N) is 1. The third-order valence-corrected chi connectivity index (χ3v) is 6.59. The molecule has 238 valence electrons. The average molecular weight is 591 g/mol. The lowest BCUT2D eigenvalue weighted by molar-refractivity contribution is -0.165. The highest BCUT2D eigenvalue weighted by atomic mass is 16.6. The Labute approximate surface area is 253 Å². The molecule has 9 heteroatoms. The molecule has 1 N–H and O–H groups in total. The first-order valence-electron chi connectivity index (χ1n) is 14.7. The minimum absolute atomic E-state index is 0.0346. The van der Waals surface area contributed by atoms with Gasteiger partial charge in [0.05, 0.1) is 7.11 Å². The van der Waals surface area contributed by atoms with Crippen LogP contribution in [0.15, 0.2) is 12.1 Å². The Bertz CT molecular complexity index is 1090. The maximum Gasteiger partial charge on any atom is 0.334 e. The zero-order valence-corrected chi connectivity index (χ0v) is 28.3. The highest BCUT2D eigenvalue weighted by molar-refractivity contribution is 5.86. The molecule has 0 radical (unpaired) electrons. The van der Waals surface area contributed by atoms with Gasteiger partial charge in [0.1, 0.15) is 29.2 Å². The van der Waals surface area contributed by atoms with Crippen molar-refractivity contribution in [2.45, 2.75) is 131 Å². The van der Waals surface area contributed by atoms with Gasteiger partial charge in [-0.25, -0.2) is 9.59 Å². The van der Waals surface area contributed by atoms with Crippen molar-refractivity contribution in [3.63, 3.8) is 0 Å². The number of nitrogens with zero attached hydrogens (tertiary/aromatic N) is 1. The van der Waals surface area contributed by atoms with E-state index in [1.165, 1.54) is 18.7 Å². The molecule has 1 aromatic rings. The van der Waals surface area contributed by atoms with Gasteiger partial charge >= 0.3 is 11.9 Å². The van der Waals surface area contributed by atoms with E-state index < -0.39 is 46.4 Å². The topological polar surface area (TPSA) is 111 Å². The number of hydrogen-bond donors (Lipinski definition) is 1. The van der Waals surface area contributed by atoms with Gasteiger partial charge in [0.2, 0.25) is 11.8 Å². The Kier molecular flexibility index (Phi) is 12.6. The van der Waals surface area contributed by atoms with Crippen molar-refractivity contribution < 1.29 is 33.4 Å². The van der Waals surface area contributed by atoms with Gasteiger partial charge in [-0.1, -0.05) is 55.4 Å². The Morgan fingerprint density at radius 2 is 1.36 bits per heavy atom. The van der Waals surface area contributed by atoms with Crippen LogP contribution in [0, 0.1) is 5.92 Å². The summed E-state index contributed by atoms with van der Waals surface area (Å²) < 4.78 is 17.3. The van der Waals surface area contributed by atoms with Crippen molar-refractivity contribution >= 4 is 23.8 Å². The molecule has 9 nitrogen and oxygen atoms in total. The quantitative estimate of drug-likeness (QED) is 0.260. The first kappa shape index (κ1) is 36.9. The van der Waals surface area contributed by atoms with E-state index in [4.69, 9.17) is 14.2 Å². The molecule has 0 aromatic heterocycles. The minimum Gasteiger partial charge on any atom is -0.497 e. The molecular formula is C33H54N2O7. The molecule has 0 aliphatic carbocycles. The van der Waals surface area contributed by atoms with E-state index in [0.717, 1.165) is 11.1 Å². The number of methoxy groups -OCH3 is 1. The second-order valence-electron chi connectivity index (χ2n) is 14.4. The Morgan fingerprint density at radius 1 is 0.857 bits per heavy atom. The predicted octanol–water partition coefficient (Wildman–Crippen LogP) is 5.70. The van der Waals surface area contributed by atoms with E-state index in [0.29, 0.717) is 17.9 Å². The molecule has 0 fully saturated rings. The summed E-state index contributed by atoms with van der Waals surface area (Å²) in [7, 11) is 1.59. The second-order valence-corrected chi connectivity index (χ2v) is 14.4. The fourth-order valence-electron chi connectivity index (χ4n) is 4.58. The molecule has 0 bridgehead atoms. The number of ether oxygens (including phenoxy) is 3. The maximum absolute atomic E-state index is 13.7. The van der Waals surface area contributed by atoms with Gasteiger partial charge in [0.15, 0.2) is 0 Å². The molecule has 0 unspecified atom stereocenters. The standard InChI is InChI=1S/C33H54N2O7/c1-20(2)17-27(30(39)42-33(11,12)13)35(22(4)37)16-15-26(34-21(3)36)29(38)41-28-24(31(5,6)7)18-23(40-14)19-25(28)32(8,9)10/h18-20,26-27H,15-17H2,1-14H3,(H,34,36)/t26-,27-/m0/s1. The van der Waals surface area contributed by atoms with Crippen molar-refractivity contribution in [1.82, 2.24) is 10.2 Å². The second kappa shape index (κ2) is 14.4. The minimum atomic E-state index is -1.06. The van der Waals surface area contributed by atoms with Gasteiger partial charge in [0.25, 0.3) is 0 Å². The largest absolute Gasteiger partial charge is 0.497 e.